The first kappa shape index (κ1) is 14.2. The summed E-state index contributed by atoms with van der Waals surface area (Å²) in [5, 5.41) is 16.2. The molecule has 1 aromatic carbocycles. The highest BCUT2D eigenvalue weighted by atomic mass is 16.3. The van der Waals surface area contributed by atoms with Gasteiger partial charge >= 0.3 is 0 Å². The highest BCUT2D eigenvalue weighted by Crippen LogP contribution is 2.06. The molecule has 1 heterocycles. The fourth-order valence-electron chi connectivity index (χ4n) is 1.92. The Labute approximate surface area is 117 Å². The summed E-state index contributed by atoms with van der Waals surface area (Å²) in [5.74, 6) is -0.189. The normalized spacial score (nSPS) is 13.7. The van der Waals surface area contributed by atoms with Gasteiger partial charge in [-0.1, -0.05) is 30.3 Å². The Morgan fingerprint density at radius 2 is 2.15 bits per heavy atom. The van der Waals surface area contributed by atoms with Gasteiger partial charge in [0.25, 0.3) is 0 Å². The standard InChI is InChI=1S/C14H18N4O2/c1-11(18-10-15-9-16-18)14(20)17-13(8-19)7-12-5-3-2-4-6-12/h2-6,9-11,13,19H,7-8H2,1H3,(H,17,20)/t11?,13-/m0/s1. The molecule has 0 radical (unpaired) electrons. The molecule has 1 aromatic heterocycles. The summed E-state index contributed by atoms with van der Waals surface area (Å²) in [6.45, 7) is 1.63. The van der Waals surface area contributed by atoms with Gasteiger partial charge in [-0.25, -0.2) is 9.67 Å². The van der Waals surface area contributed by atoms with Gasteiger partial charge in [-0.2, -0.15) is 5.10 Å². The summed E-state index contributed by atoms with van der Waals surface area (Å²) in [4.78, 5) is 15.9. The summed E-state index contributed by atoms with van der Waals surface area (Å²) in [6, 6.07) is 8.97. The number of aromatic nitrogens is 3. The SMILES string of the molecule is CC(C(=O)N[C@H](CO)Cc1ccccc1)n1cncn1. The first-order chi connectivity index (χ1) is 9.70. The van der Waals surface area contributed by atoms with Crippen molar-refractivity contribution >= 4 is 5.91 Å². The van der Waals surface area contributed by atoms with Crippen LogP contribution in [0.25, 0.3) is 0 Å². The van der Waals surface area contributed by atoms with Crippen molar-refractivity contribution in [1.29, 1.82) is 0 Å². The van der Waals surface area contributed by atoms with Crippen molar-refractivity contribution < 1.29 is 9.90 Å². The van der Waals surface area contributed by atoms with E-state index in [1.807, 2.05) is 30.3 Å². The van der Waals surface area contributed by atoms with Gasteiger partial charge in [0, 0.05) is 0 Å². The Balaban J connectivity index is 1.94. The number of aliphatic hydroxyl groups is 1. The fraction of sp³-hybridized carbons (Fsp3) is 0.357. The van der Waals surface area contributed by atoms with Crippen molar-refractivity contribution in [2.24, 2.45) is 0 Å². The van der Waals surface area contributed by atoms with Gasteiger partial charge < -0.3 is 10.4 Å². The molecule has 0 aliphatic heterocycles. The zero-order valence-electron chi connectivity index (χ0n) is 11.3. The fourth-order valence-corrected chi connectivity index (χ4v) is 1.92. The molecular weight excluding hydrogens is 256 g/mol. The van der Waals surface area contributed by atoms with Crippen LogP contribution in [-0.2, 0) is 11.2 Å². The van der Waals surface area contributed by atoms with E-state index < -0.39 is 6.04 Å². The minimum absolute atomic E-state index is 0.106. The highest BCUT2D eigenvalue weighted by Gasteiger charge is 2.19. The van der Waals surface area contributed by atoms with Crippen molar-refractivity contribution in [3.05, 3.63) is 48.5 Å². The lowest BCUT2D eigenvalue weighted by Crippen LogP contribution is -2.42. The molecular formula is C14H18N4O2. The molecule has 0 saturated carbocycles. The minimum atomic E-state index is -0.456. The molecule has 20 heavy (non-hydrogen) atoms. The van der Waals surface area contributed by atoms with E-state index in [0.717, 1.165) is 5.56 Å². The second kappa shape index (κ2) is 6.81. The van der Waals surface area contributed by atoms with E-state index in [1.54, 1.807) is 6.92 Å². The molecule has 2 aromatic rings. The summed E-state index contributed by atoms with van der Waals surface area (Å²) in [5.41, 5.74) is 1.07. The van der Waals surface area contributed by atoms with Crippen LogP contribution in [0.2, 0.25) is 0 Å². The van der Waals surface area contributed by atoms with Crippen LogP contribution < -0.4 is 5.32 Å². The van der Waals surface area contributed by atoms with Crippen molar-refractivity contribution in [2.75, 3.05) is 6.61 Å². The molecule has 0 fully saturated rings. The number of carbonyl (C=O) groups excluding carboxylic acids is 1. The predicted molar refractivity (Wildman–Crippen MR) is 73.9 cm³/mol. The van der Waals surface area contributed by atoms with Crippen LogP contribution in [0.3, 0.4) is 0 Å². The number of aliphatic hydroxyl groups excluding tert-OH is 1. The average molecular weight is 274 g/mol. The van der Waals surface area contributed by atoms with Crippen LogP contribution in [0.15, 0.2) is 43.0 Å². The van der Waals surface area contributed by atoms with Gasteiger partial charge in [-0.05, 0) is 18.9 Å². The van der Waals surface area contributed by atoms with E-state index in [1.165, 1.54) is 17.3 Å². The van der Waals surface area contributed by atoms with E-state index in [9.17, 15) is 9.90 Å². The molecule has 2 N–H and O–H groups in total. The third-order valence-corrected chi connectivity index (χ3v) is 3.10. The smallest absolute Gasteiger partial charge is 0.244 e. The van der Waals surface area contributed by atoms with Gasteiger partial charge in [-0.15, -0.1) is 0 Å². The Kier molecular flexibility index (Phi) is 4.84. The summed E-state index contributed by atoms with van der Waals surface area (Å²) in [6.07, 6.45) is 3.47. The largest absolute Gasteiger partial charge is 0.394 e. The zero-order chi connectivity index (χ0) is 14.4. The molecule has 6 nitrogen and oxygen atoms in total. The molecule has 1 amide bonds. The zero-order valence-corrected chi connectivity index (χ0v) is 11.3. The van der Waals surface area contributed by atoms with Crippen LogP contribution in [0.1, 0.15) is 18.5 Å². The topological polar surface area (TPSA) is 80.0 Å². The molecule has 0 aliphatic rings. The van der Waals surface area contributed by atoms with Crippen LogP contribution in [0, 0.1) is 0 Å². The van der Waals surface area contributed by atoms with E-state index in [2.05, 4.69) is 15.4 Å². The van der Waals surface area contributed by atoms with E-state index in [4.69, 9.17) is 0 Å². The first-order valence-corrected chi connectivity index (χ1v) is 6.50. The van der Waals surface area contributed by atoms with Gasteiger partial charge in [0.1, 0.15) is 18.7 Å². The minimum Gasteiger partial charge on any atom is -0.394 e. The number of amides is 1. The maximum Gasteiger partial charge on any atom is 0.244 e. The number of benzene rings is 1. The van der Waals surface area contributed by atoms with E-state index in [-0.39, 0.29) is 18.6 Å². The Hall–Kier alpha value is -2.21. The van der Waals surface area contributed by atoms with Crippen LogP contribution >= 0.6 is 0 Å². The molecule has 2 rings (SSSR count). The quantitative estimate of drug-likeness (QED) is 0.806. The Bertz CT molecular complexity index is 527. The molecule has 0 bridgehead atoms. The second-order valence-electron chi connectivity index (χ2n) is 4.63. The van der Waals surface area contributed by atoms with E-state index in [0.29, 0.717) is 6.42 Å². The molecule has 2 atom stereocenters. The molecule has 0 aliphatic carbocycles. The number of nitrogens with one attached hydrogen (secondary N) is 1. The summed E-state index contributed by atoms with van der Waals surface area (Å²) >= 11 is 0. The van der Waals surface area contributed by atoms with E-state index >= 15 is 0 Å². The van der Waals surface area contributed by atoms with Crippen molar-refractivity contribution in [3.63, 3.8) is 0 Å². The van der Waals surface area contributed by atoms with Gasteiger partial charge in [0.15, 0.2) is 0 Å². The van der Waals surface area contributed by atoms with Gasteiger partial charge in [0.2, 0.25) is 5.91 Å². The third kappa shape index (κ3) is 3.64. The second-order valence-corrected chi connectivity index (χ2v) is 4.63. The monoisotopic (exact) mass is 274 g/mol. The predicted octanol–water partition coefficient (Wildman–Crippen LogP) is 0.559. The van der Waals surface area contributed by atoms with Crippen LogP contribution in [0.4, 0.5) is 0 Å². The van der Waals surface area contributed by atoms with Crippen molar-refractivity contribution in [2.45, 2.75) is 25.4 Å². The molecule has 0 spiro atoms. The number of nitrogens with zero attached hydrogens (tertiary/aromatic N) is 3. The Morgan fingerprint density at radius 3 is 2.75 bits per heavy atom. The van der Waals surface area contributed by atoms with Crippen molar-refractivity contribution in [3.8, 4) is 0 Å². The highest BCUT2D eigenvalue weighted by molar-refractivity contribution is 5.80. The lowest BCUT2D eigenvalue weighted by molar-refractivity contribution is -0.125. The first-order valence-electron chi connectivity index (χ1n) is 6.50. The molecule has 106 valence electrons. The third-order valence-electron chi connectivity index (χ3n) is 3.10. The van der Waals surface area contributed by atoms with Gasteiger partial charge in [-0.3, -0.25) is 4.79 Å². The number of rotatable bonds is 6. The lowest BCUT2D eigenvalue weighted by atomic mass is 10.1. The average Bonchev–Trinajstić information content (AvgIpc) is 3.01. The van der Waals surface area contributed by atoms with Gasteiger partial charge in [0.05, 0.1) is 12.6 Å². The maximum atomic E-state index is 12.1. The summed E-state index contributed by atoms with van der Waals surface area (Å²) in [7, 11) is 0. The summed E-state index contributed by atoms with van der Waals surface area (Å²) < 4.78 is 1.48. The lowest BCUT2D eigenvalue weighted by Gasteiger charge is -2.19. The molecule has 1 unspecified atom stereocenters. The Morgan fingerprint density at radius 1 is 1.40 bits per heavy atom. The number of carbonyl (C=O) groups is 1. The van der Waals surface area contributed by atoms with Crippen molar-refractivity contribution in [1.82, 2.24) is 20.1 Å². The van der Waals surface area contributed by atoms with Crippen LogP contribution in [0.5, 0.6) is 0 Å². The number of hydrogen-bond donors (Lipinski definition) is 2. The molecule has 0 saturated heterocycles. The van der Waals surface area contributed by atoms with Crippen LogP contribution in [-0.4, -0.2) is 38.4 Å². The maximum absolute atomic E-state index is 12.1. The molecule has 6 heteroatoms. The number of hydrogen-bond acceptors (Lipinski definition) is 4.